The Bertz CT molecular complexity index is 1450. The van der Waals surface area contributed by atoms with Gasteiger partial charge in [-0.05, 0) is 56.5 Å². The van der Waals surface area contributed by atoms with Gasteiger partial charge >= 0.3 is 5.97 Å². The van der Waals surface area contributed by atoms with Crippen molar-refractivity contribution < 1.29 is 9.90 Å². The molecule has 1 atom stereocenters. The second-order valence-electron chi connectivity index (χ2n) is 8.85. The highest BCUT2D eigenvalue weighted by molar-refractivity contribution is 7.15. The molecule has 5 rings (SSSR count). The molecule has 0 unspecified atom stereocenters. The summed E-state index contributed by atoms with van der Waals surface area (Å²) in [5, 5.41) is 22.7. The Morgan fingerprint density at radius 3 is 2.51 bits per heavy atom. The van der Waals surface area contributed by atoms with Gasteiger partial charge in [0.15, 0.2) is 5.82 Å². The zero-order valence-electron chi connectivity index (χ0n) is 20.2. The number of carboxylic acids is 1. The number of fused-ring (bicyclic) bond motifs is 3. The predicted octanol–water partition coefficient (Wildman–Crippen LogP) is 5.54. The maximum Gasteiger partial charge on any atom is 0.306 e. The molecule has 35 heavy (non-hydrogen) atoms. The Morgan fingerprint density at radius 1 is 1.06 bits per heavy atom. The first-order chi connectivity index (χ1) is 16.8. The zero-order chi connectivity index (χ0) is 24.7. The standard InChI is InChI=1S/C27H27N5O2S/c1-15-7-5-6-8-20(15)14-28-21-11-9-19(10-12-21)25-24-16(2)17(3)35-27(24)32-18(4)30-31-26(32)22(29-25)13-23(33)34/h5-12,22,28H,13-14H2,1-4H3,(H,33,34)/t22-/m0/s1. The summed E-state index contributed by atoms with van der Waals surface area (Å²) in [6, 6.07) is 15.9. The molecule has 0 fully saturated rings. The summed E-state index contributed by atoms with van der Waals surface area (Å²) in [7, 11) is 0. The van der Waals surface area contributed by atoms with Crippen molar-refractivity contribution in [3.8, 4) is 5.00 Å². The molecule has 2 aromatic heterocycles. The van der Waals surface area contributed by atoms with E-state index >= 15 is 0 Å². The van der Waals surface area contributed by atoms with Gasteiger partial charge in [-0.25, -0.2) is 0 Å². The predicted molar refractivity (Wildman–Crippen MR) is 139 cm³/mol. The molecule has 0 saturated heterocycles. The van der Waals surface area contributed by atoms with Crippen molar-refractivity contribution in [1.82, 2.24) is 14.8 Å². The molecule has 1 aliphatic rings. The van der Waals surface area contributed by atoms with Crippen LogP contribution in [0.3, 0.4) is 0 Å². The summed E-state index contributed by atoms with van der Waals surface area (Å²) in [4.78, 5) is 17.9. The van der Waals surface area contributed by atoms with Crippen molar-refractivity contribution in [2.45, 2.75) is 46.7 Å². The van der Waals surface area contributed by atoms with Crippen molar-refractivity contribution in [3.63, 3.8) is 0 Å². The van der Waals surface area contributed by atoms with Gasteiger partial charge in [0.1, 0.15) is 16.9 Å². The molecule has 0 spiro atoms. The van der Waals surface area contributed by atoms with Crippen molar-refractivity contribution in [2.75, 3.05) is 5.32 Å². The van der Waals surface area contributed by atoms with E-state index in [0.29, 0.717) is 5.82 Å². The van der Waals surface area contributed by atoms with Gasteiger partial charge in [-0.2, -0.15) is 0 Å². The monoisotopic (exact) mass is 485 g/mol. The molecule has 0 aliphatic carbocycles. The van der Waals surface area contributed by atoms with Gasteiger partial charge in [0.05, 0.1) is 12.1 Å². The Balaban J connectivity index is 1.54. The quantitative estimate of drug-likeness (QED) is 0.374. The van der Waals surface area contributed by atoms with Gasteiger partial charge in [-0.3, -0.25) is 14.4 Å². The number of anilines is 1. The van der Waals surface area contributed by atoms with Gasteiger partial charge in [0.2, 0.25) is 0 Å². The van der Waals surface area contributed by atoms with E-state index in [1.807, 2.05) is 41.8 Å². The number of aryl methyl sites for hydroxylation is 3. The summed E-state index contributed by atoms with van der Waals surface area (Å²) in [6.45, 7) is 8.94. The van der Waals surface area contributed by atoms with Crippen LogP contribution in [0.15, 0.2) is 53.5 Å². The van der Waals surface area contributed by atoms with E-state index in [2.05, 4.69) is 54.5 Å². The maximum absolute atomic E-state index is 11.7. The van der Waals surface area contributed by atoms with Crippen LogP contribution in [0.25, 0.3) is 5.00 Å². The SMILES string of the molecule is Cc1ccccc1CNc1ccc(C2=N[C@@H](CC(=O)O)c3nnc(C)n3-c3sc(C)c(C)c32)cc1. The van der Waals surface area contributed by atoms with E-state index in [0.717, 1.165) is 45.5 Å². The lowest BCUT2D eigenvalue weighted by Crippen LogP contribution is -2.10. The van der Waals surface area contributed by atoms with Crippen LogP contribution in [0.1, 0.15) is 56.8 Å². The summed E-state index contributed by atoms with van der Waals surface area (Å²) < 4.78 is 1.97. The highest BCUT2D eigenvalue weighted by Crippen LogP contribution is 2.39. The lowest BCUT2D eigenvalue weighted by molar-refractivity contribution is -0.137. The minimum atomic E-state index is -0.917. The summed E-state index contributed by atoms with van der Waals surface area (Å²) in [5.74, 6) is 0.378. The maximum atomic E-state index is 11.7. The Hall–Kier alpha value is -3.78. The average Bonchev–Trinajstić information content (AvgIpc) is 3.31. The molecule has 0 radical (unpaired) electrons. The van der Waals surface area contributed by atoms with E-state index in [4.69, 9.17) is 4.99 Å². The van der Waals surface area contributed by atoms with Crippen LogP contribution in [-0.4, -0.2) is 31.6 Å². The first-order valence-electron chi connectivity index (χ1n) is 11.5. The summed E-state index contributed by atoms with van der Waals surface area (Å²) in [5.41, 5.74) is 7.43. The largest absolute Gasteiger partial charge is 0.481 e. The minimum Gasteiger partial charge on any atom is -0.481 e. The third-order valence-electron chi connectivity index (χ3n) is 6.51. The van der Waals surface area contributed by atoms with Crippen LogP contribution in [0.2, 0.25) is 0 Å². The van der Waals surface area contributed by atoms with Crippen molar-refractivity contribution >= 4 is 28.7 Å². The van der Waals surface area contributed by atoms with Crippen LogP contribution < -0.4 is 5.32 Å². The van der Waals surface area contributed by atoms with Crippen molar-refractivity contribution in [1.29, 1.82) is 0 Å². The van der Waals surface area contributed by atoms with Crippen LogP contribution in [0, 0.1) is 27.7 Å². The number of hydrogen-bond acceptors (Lipinski definition) is 6. The number of benzene rings is 2. The van der Waals surface area contributed by atoms with Crippen LogP contribution >= 0.6 is 11.3 Å². The Kier molecular flexibility index (Phi) is 5.98. The second kappa shape index (κ2) is 9.11. The number of carboxylic acid groups (broad SMARTS) is 1. The normalized spacial score (nSPS) is 14.6. The molecule has 0 amide bonds. The van der Waals surface area contributed by atoms with E-state index in [-0.39, 0.29) is 6.42 Å². The summed E-state index contributed by atoms with van der Waals surface area (Å²) >= 11 is 1.66. The number of carbonyl (C=O) groups is 1. The van der Waals surface area contributed by atoms with E-state index in [1.165, 1.54) is 16.0 Å². The Morgan fingerprint density at radius 2 is 1.80 bits per heavy atom. The highest BCUT2D eigenvalue weighted by atomic mass is 32.1. The third-order valence-corrected chi connectivity index (χ3v) is 7.70. The van der Waals surface area contributed by atoms with Gasteiger partial charge in [0.25, 0.3) is 0 Å². The molecular formula is C27H27N5O2S. The lowest BCUT2D eigenvalue weighted by atomic mass is 9.99. The molecule has 0 saturated carbocycles. The Labute approximate surface area is 208 Å². The number of aliphatic imine (C=N–C) groups is 1. The molecule has 1 aliphatic heterocycles. The van der Waals surface area contributed by atoms with Crippen LogP contribution in [0.5, 0.6) is 0 Å². The number of rotatable bonds is 6. The molecular weight excluding hydrogens is 458 g/mol. The molecule has 8 heteroatoms. The van der Waals surface area contributed by atoms with E-state index < -0.39 is 12.0 Å². The van der Waals surface area contributed by atoms with Crippen LogP contribution in [0.4, 0.5) is 5.69 Å². The van der Waals surface area contributed by atoms with Crippen molar-refractivity contribution in [3.05, 3.63) is 92.9 Å². The topological polar surface area (TPSA) is 92.4 Å². The second-order valence-corrected chi connectivity index (χ2v) is 10.1. The van der Waals surface area contributed by atoms with Gasteiger partial charge in [0, 0.05) is 28.2 Å². The number of aromatic nitrogens is 3. The van der Waals surface area contributed by atoms with E-state index in [1.54, 1.807) is 11.3 Å². The highest BCUT2D eigenvalue weighted by Gasteiger charge is 2.32. The van der Waals surface area contributed by atoms with Gasteiger partial charge in [-0.15, -0.1) is 21.5 Å². The third kappa shape index (κ3) is 4.25. The van der Waals surface area contributed by atoms with Crippen molar-refractivity contribution in [2.24, 2.45) is 4.99 Å². The van der Waals surface area contributed by atoms with E-state index in [9.17, 15) is 9.90 Å². The smallest absolute Gasteiger partial charge is 0.306 e. The number of nitrogens with zero attached hydrogens (tertiary/aromatic N) is 4. The fraction of sp³-hybridized carbons (Fsp3) is 0.259. The molecule has 2 N–H and O–H groups in total. The number of nitrogens with one attached hydrogen (secondary N) is 1. The number of aliphatic carboxylic acids is 1. The molecule has 3 heterocycles. The number of thiophene rings is 1. The average molecular weight is 486 g/mol. The molecule has 7 nitrogen and oxygen atoms in total. The molecule has 4 aromatic rings. The van der Waals surface area contributed by atoms with Crippen LogP contribution in [-0.2, 0) is 11.3 Å². The fourth-order valence-corrected chi connectivity index (χ4v) is 5.66. The first-order valence-corrected chi connectivity index (χ1v) is 12.4. The molecule has 2 aromatic carbocycles. The fourth-order valence-electron chi connectivity index (χ4n) is 4.44. The zero-order valence-corrected chi connectivity index (χ0v) is 21.0. The molecule has 0 bridgehead atoms. The number of hydrogen-bond donors (Lipinski definition) is 2. The van der Waals surface area contributed by atoms with Gasteiger partial charge in [-0.1, -0.05) is 36.4 Å². The first kappa shape index (κ1) is 23.0. The molecule has 178 valence electrons. The lowest BCUT2D eigenvalue weighted by Gasteiger charge is -2.12. The minimum absolute atomic E-state index is 0.148. The summed E-state index contributed by atoms with van der Waals surface area (Å²) in [6.07, 6.45) is -0.148. The van der Waals surface area contributed by atoms with Gasteiger partial charge < -0.3 is 10.4 Å².